The van der Waals surface area contributed by atoms with Gasteiger partial charge in [0.05, 0.1) is 33.0 Å². The fraction of sp³-hybridized carbons (Fsp3) is 0.675. The number of amides is 1. The first-order valence-electron chi connectivity index (χ1n) is 18.4. The summed E-state index contributed by atoms with van der Waals surface area (Å²) in [5.41, 5.74) is 8.31. The van der Waals surface area contributed by atoms with Gasteiger partial charge in [-0.05, 0) is 69.9 Å². The van der Waals surface area contributed by atoms with Crippen molar-refractivity contribution in [3.05, 3.63) is 45.4 Å². The SMILES string of the molecule is CC.CC.CC.CCC(/C=c1\[nH]/c(=C(/C)C2=N/C(=C\C(NC)=C(C)C)C(C)C2)cc1C)=NC.CCC(=O)N(C)CCOCCOCCOC. The van der Waals surface area contributed by atoms with Gasteiger partial charge in [0.25, 0.3) is 0 Å². The zero-order valence-electron chi connectivity index (χ0n) is 34.6. The summed E-state index contributed by atoms with van der Waals surface area (Å²) in [6, 6.07) is 2.22. The highest BCUT2D eigenvalue weighted by Crippen LogP contribution is 2.28. The maximum atomic E-state index is 11.2. The molecule has 0 fully saturated rings. The molecule has 2 heterocycles. The van der Waals surface area contributed by atoms with Gasteiger partial charge in [0, 0.05) is 80.7 Å². The Hall–Kier alpha value is -3.01. The average Bonchev–Trinajstić information content (AvgIpc) is 3.69. The number of likely N-dealkylation sites (N-methyl/N-ethyl adjacent to an activating group) is 2. The summed E-state index contributed by atoms with van der Waals surface area (Å²) in [4.78, 5) is 25.7. The number of methoxy groups -OCH3 is 1. The van der Waals surface area contributed by atoms with Crippen LogP contribution in [-0.4, -0.2) is 95.0 Å². The van der Waals surface area contributed by atoms with Gasteiger partial charge in [0.1, 0.15) is 0 Å². The van der Waals surface area contributed by atoms with E-state index in [9.17, 15) is 4.79 Å². The number of aryl methyl sites for hydroxylation is 1. The number of allylic oxidation sites excluding steroid dienone is 3. The number of aromatic amines is 1. The summed E-state index contributed by atoms with van der Waals surface area (Å²) in [6.07, 6.45) is 6.78. The van der Waals surface area contributed by atoms with Gasteiger partial charge in [0.15, 0.2) is 0 Å². The van der Waals surface area contributed by atoms with Crippen LogP contribution in [0.25, 0.3) is 11.6 Å². The Kier molecular flexibility index (Phi) is 33.1. The Morgan fingerprint density at radius 1 is 1.00 bits per heavy atom. The number of nitrogens with one attached hydrogen (secondary N) is 2. The van der Waals surface area contributed by atoms with Crippen molar-refractivity contribution in [3.63, 3.8) is 0 Å². The lowest BCUT2D eigenvalue weighted by molar-refractivity contribution is -0.130. The minimum Gasteiger partial charge on any atom is -0.388 e. The van der Waals surface area contributed by atoms with E-state index in [4.69, 9.17) is 19.2 Å². The van der Waals surface area contributed by atoms with Crippen LogP contribution in [0, 0.1) is 12.8 Å². The van der Waals surface area contributed by atoms with Gasteiger partial charge in [-0.1, -0.05) is 67.9 Å². The number of ether oxygens (including phenoxy) is 3. The van der Waals surface area contributed by atoms with E-state index in [0.29, 0.717) is 51.9 Å². The molecule has 1 aromatic heterocycles. The van der Waals surface area contributed by atoms with E-state index in [1.165, 1.54) is 22.4 Å². The zero-order valence-corrected chi connectivity index (χ0v) is 34.6. The Morgan fingerprint density at radius 2 is 1.57 bits per heavy atom. The molecule has 0 saturated carbocycles. The van der Waals surface area contributed by atoms with Crippen LogP contribution in [0.3, 0.4) is 0 Å². The number of carbonyl (C=O) groups is 1. The molecule has 1 amide bonds. The second kappa shape index (κ2) is 32.2. The third-order valence-electron chi connectivity index (χ3n) is 7.32. The van der Waals surface area contributed by atoms with Crippen LogP contribution in [0.2, 0.25) is 0 Å². The van der Waals surface area contributed by atoms with Crippen molar-refractivity contribution >= 4 is 29.0 Å². The van der Waals surface area contributed by atoms with Crippen molar-refractivity contribution in [3.8, 4) is 0 Å². The van der Waals surface area contributed by atoms with Gasteiger partial charge in [0.2, 0.25) is 5.91 Å². The van der Waals surface area contributed by atoms with Crippen LogP contribution in [0.1, 0.15) is 108 Å². The second-order valence-corrected chi connectivity index (χ2v) is 10.9. The standard InChI is InChI=1S/C23H34N4.C11H23NO4.3C2H6/c1-9-18(24-7)12-20-15(4)10-22(26-20)17(6)23-11-16(5)21(27-23)13-19(25-8)14(2)3;1-4-11(13)12(2)5-6-15-9-10-16-8-7-14-3;3*1-2/h10,12-13,16,25-26H,9,11H2,1-8H3;4-10H2,1-3H3;3*1-2H3/b20-12-,21-13-,22-17-,24-18?;;;;. The number of H-pyrrole nitrogens is 1. The molecule has 0 spiro atoms. The van der Waals surface area contributed by atoms with Crippen LogP contribution in [0.15, 0.2) is 39.1 Å². The predicted molar refractivity (Wildman–Crippen MR) is 214 cm³/mol. The molecular weight excluding hydrogens is 614 g/mol. The maximum absolute atomic E-state index is 11.2. The molecule has 49 heavy (non-hydrogen) atoms. The van der Waals surface area contributed by atoms with Crippen molar-refractivity contribution in [2.75, 3.05) is 67.8 Å². The first-order chi connectivity index (χ1) is 23.5. The molecule has 2 rings (SSSR count). The first kappa shape index (κ1) is 50.4. The normalized spacial score (nSPS) is 15.2. The molecule has 284 valence electrons. The Labute approximate surface area is 301 Å². The third-order valence-corrected chi connectivity index (χ3v) is 7.32. The lowest BCUT2D eigenvalue weighted by atomic mass is 10.0. The smallest absolute Gasteiger partial charge is 0.222 e. The Bertz CT molecular complexity index is 1250. The topological polar surface area (TPSA) is 101 Å². The molecule has 9 nitrogen and oxygen atoms in total. The van der Waals surface area contributed by atoms with Gasteiger partial charge < -0.3 is 29.4 Å². The number of hydrogen-bond donors (Lipinski definition) is 2. The van der Waals surface area contributed by atoms with E-state index in [0.717, 1.165) is 40.6 Å². The van der Waals surface area contributed by atoms with Crippen LogP contribution in [0.5, 0.6) is 0 Å². The van der Waals surface area contributed by atoms with Crippen molar-refractivity contribution in [1.82, 2.24) is 15.2 Å². The number of aliphatic imine (C=N–C) groups is 2. The molecule has 0 aliphatic carbocycles. The van der Waals surface area contributed by atoms with Crippen molar-refractivity contribution in [2.24, 2.45) is 15.9 Å². The van der Waals surface area contributed by atoms with Gasteiger partial charge in [-0.15, -0.1) is 0 Å². The monoisotopic (exact) mass is 690 g/mol. The van der Waals surface area contributed by atoms with Crippen molar-refractivity contribution < 1.29 is 19.0 Å². The number of aromatic nitrogens is 1. The second-order valence-electron chi connectivity index (χ2n) is 10.9. The van der Waals surface area contributed by atoms with E-state index >= 15 is 0 Å². The van der Waals surface area contributed by atoms with E-state index in [-0.39, 0.29) is 5.91 Å². The quantitative estimate of drug-likeness (QED) is 0.149. The number of carbonyl (C=O) groups excluding carboxylic acids is 1. The van der Waals surface area contributed by atoms with E-state index in [1.807, 2.05) is 62.6 Å². The first-order valence-corrected chi connectivity index (χ1v) is 18.4. The van der Waals surface area contributed by atoms with Crippen LogP contribution >= 0.6 is 0 Å². The summed E-state index contributed by atoms with van der Waals surface area (Å²) in [5, 5.41) is 5.55. The molecular formula is C40H75N5O4. The van der Waals surface area contributed by atoms with Crippen LogP contribution < -0.4 is 16.0 Å². The molecule has 1 aromatic rings. The molecule has 0 aromatic carbocycles. The molecule has 1 atom stereocenters. The molecule has 0 radical (unpaired) electrons. The summed E-state index contributed by atoms with van der Waals surface area (Å²) in [7, 11) is 7.23. The van der Waals surface area contributed by atoms with Gasteiger partial charge in [-0.2, -0.15) is 0 Å². The third kappa shape index (κ3) is 21.0. The van der Waals surface area contributed by atoms with Crippen LogP contribution in [0.4, 0.5) is 0 Å². The van der Waals surface area contributed by atoms with E-state index in [2.05, 4.69) is 75.1 Å². The summed E-state index contributed by atoms with van der Waals surface area (Å²) < 4.78 is 15.4. The van der Waals surface area contributed by atoms with Crippen molar-refractivity contribution in [2.45, 2.75) is 109 Å². The fourth-order valence-electron chi connectivity index (χ4n) is 4.37. The molecule has 9 heteroatoms. The molecule has 1 aliphatic heterocycles. The fourth-order valence-corrected chi connectivity index (χ4v) is 4.37. The average molecular weight is 690 g/mol. The maximum Gasteiger partial charge on any atom is 0.222 e. The largest absolute Gasteiger partial charge is 0.388 e. The van der Waals surface area contributed by atoms with E-state index in [1.54, 1.807) is 19.1 Å². The molecule has 1 unspecified atom stereocenters. The van der Waals surface area contributed by atoms with Gasteiger partial charge in [-0.3, -0.25) is 14.8 Å². The Morgan fingerprint density at radius 3 is 2.06 bits per heavy atom. The summed E-state index contributed by atoms with van der Waals surface area (Å²) in [5.74, 6) is 0.568. The summed E-state index contributed by atoms with van der Waals surface area (Å²) in [6.45, 7) is 30.3. The zero-order chi connectivity index (χ0) is 38.4. The Balaban J connectivity index is -0.000000824. The number of hydrogen-bond acceptors (Lipinski definition) is 7. The lowest BCUT2D eigenvalue weighted by Gasteiger charge is -2.15. The molecule has 1 aliphatic rings. The molecule has 2 N–H and O–H groups in total. The highest BCUT2D eigenvalue weighted by atomic mass is 16.5. The highest BCUT2D eigenvalue weighted by molar-refractivity contribution is 6.19. The minimum atomic E-state index is 0.139. The summed E-state index contributed by atoms with van der Waals surface area (Å²) >= 11 is 0. The number of rotatable bonds is 15. The molecule has 0 bridgehead atoms. The van der Waals surface area contributed by atoms with Crippen molar-refractivity contribution in [1.29, 1.82) is 0 Å². The van der Waals surface area contributed by atoms with Gasteiger partial charge in [-0.25, -0.2) is 0 Å². The molecule has 0 saturated heterocycles. The predicted octanol–water partition coefficient (Wildman–Crippen LogP) is 7.25. The highest BCUT2D eigenvalue weighted by Gasteiger charge is 2.21. The van der Waals surface area contributed by atoms with Gasteiger partial charge >= 0.3 is 0 Å². The number of nitrogens with zero attached hydrogens (tertiary/aromatic N) is 3. The van der Waals surface area contributed by atoms with E-state index < -0.39 is 0 Å². The minimum absolute atomic E-state index is 0.139. The van der Waals surface area contributed by atoms with Crippen LogP contribution in [-0.2, 0) is 19.0 Å². The lowest BCUT2D eigenvalue weighted by Crippen LogP contribution is -2.29.